The second-order valence-corrected chi connectivity index (χ2v) is 11.6. The summed E-state index contributed by atoms with van der Waals surface area (Å²) in [5, 5.41) is 0. The highest BCUT2D eigenvalue weighted by Crippen LogP contribution is 2.41. The fourth-order valence-electron chi connectivity index (χ4n) is 3.13. The lowest BCUT2D eigenvalue weighted by atomic mass is 10.2. The van der Waals surface area contributed by atoms with Crippen LogP contribution in [0.25, 0.3) is 0 Å². The van der Waals surface area contributed by atoms with E-state index >= 15 is 0 Å². The molecule has 0 aliphatic carbocycles. The number of hydrogen-bond acceptors (Lipinski definition) is 5. The summed E-state index contributed by atoms with van der Waals surface area (Å²) in [7, 11) is 3.14. The summed E-state index contributed by atoms with van der Waals surface area (Å²) in [4.78, 5) is 15.1. The first-order valence-electron chi connectivity index (χ1n) is 9.98. The van der Waals surface area contributed by atoms with Gasteiger partial charge in [-0.25, -0.2) is 0 Å². The van der Waals surface area contributed by atoms with Crippen molar-refractivity contribution in [1.82, 2.24) is 0 Å². The van der Waals surface area contributed by atoms with Crippen molar-refractivity contribution >= 4 is 39.8 Å². The molecule has 0 atom stereocenters. The fourth-order valence-corrected chi connectivity index (χ4v) is 8.07. The van der Waals surface area contributed by atoms with Crippen molar-refractivity contribution < 1.29 is 14.3 Å². The number of ketones is 1. The minimum Gasteiger partial charge on any atom is -0.497 e. The number of methoxy groups -OCH3 is 2. The van der Waals surface area contributed by atoms with Crippen LogP contribution in [0.1, 0.15) is 17.3 Å². The molecule has 4 rings (SSSR count). The van der Waals surface area contributed by atoms with Crippen molar-refractivity contribution in [3.8, 4) is 11.5 Å². The van der Waals surface area contributed by atoms with Crippen LogP contribution in [0, 0.1) is 0 Å². The smallest absolute Gasteiger partial charge is 0.221 e. The molecule has 0 amide bonds. The van der Waals surface area contributed by atoms with E-state index < -0.39 is 0 Å². The average molecular weight is 480 g/mol. The highest BCUT2D eigenvalue weighted by atomic mass is 32.2. The molecule has 1 aromatic heterocycles. The van der Waals surface area contributed by atoms with Crippen molar-refractivity contribution in [1.29, 1.82) is 0 Å². The molecular formula is C26H23O3S3+. The Morgan fingerprint density at radius 1 is 0.750 bits per heavy atom. The van der Waals surface area contributed by atoms with E-state index in [9.17, 15) is 4.79 Å². The van der Waals surface area contributed by atoms with Gasteiger partial charge in [-0.1, -0.05) is 35.2 Å². The minimum atomic E-state index is -0.233. The molecule has 0 radical (unpaired) electrons. The molecule has 0 aliphatic rings. The molecule has 3 aromatic carbocycles. The molecule has 32 heavy (non-hydrogen) atoms. The van der Waals surface area contributed by atoms with E-state index in [4.69, 9.17) is 9.47 Å². The van der Waals surface area contributed by atoms with Crippen LogP contribution in [0.3, 0.4) is 0 Å². The van der Waals surface area contributed by atoms with E-state index in [2.05, 4.69) is 36.4 Å². The van der Waals surface area contributed by atoms with Gasteiger partial charge in [0.2, 0.25) is 4.21 Å². The molecule has 1 heterocycles. The highest BCUT2D eigenvalue weighted by molar-refractivity contribution is 8.02. The van der Waals surface area contributed by atoms with Crippen LogP contribution in [0.2, 0.25) is 0 Å². The average Bonchev–Trinajstić information content (AvgIpc) is 3.28. The molecule has 0 unspecified atom stereocenters. The van der Waals surface area contributed by atoms with E-state index in [-0.39, 0.29) is 16.7 Å². The molecule has 0 saturated carbocycles. The molecule has 4 aromatic rings. The lowest BCUT2D eigenvalue weighted by molar-refractivity contribution is 0.101. The summed E-state index contributed by atoms with van der Waals surface area (Å²) in [5.74, 6) is 1.79. The molecule has 6 heteroatoms. The van der Waals surface area contributed by atoms with Crippen molar-refractivity contribution in [2.24, 2.45) is 0 Å². The first kappa shape index (κ1) is 22.5. The molecule has 0 N–H and O–H groups in total. The number of benzene rings is 3. The van der Waals surface area contributed by atoms with E-state index in [1.165, 1.54) is 18.2 Å². The summed E-state index contributed by atoms with van der Waals surface area (Å²) in [6, 6.07) is 28.8. The maximum absolute atomic E-state index is 11.5. The van der Waals surface area contributed by atoms with E-state index in [1.807, 2.05) is 48.5 Å². The Hall–Kier alpha value is -2.67. The van der Waals surface area contributed by atoms with Gasteiger partial charge < -0.3 is 9.47 Å². The quantitative estimate of drug-likeness (QED) is 0.197. The van der Waals surface area contributed by atoms with Crippen LogP contribution in [0.5, 0.6) is 11.5 Å². The van der Waals surface area contributed by atoms with Crippen LogP contribution in [-0.2, 0) is 10.9 Å². The number of carbonyl (C=O) groups is 1. The summed E-state index contributed by atoms with van der Waals surface area (Å²) < 4.78 is 13.2. The molecule has 0 saturated heterocycles. The maximum Gasteiger partial charge on any atom is 0.221 e. The summed E-state index contributed by atoms with van der Waals surface area (Å²) >= 11 is 3.52. The molecule has 0 fully saturated rings. The van der Waals surface area contributed by atoms with Crippen LogP contribution < -0.4 is 9.47 Å². The Morgan fingerprint density at radius 3 is 1.75 bits per heavy atom. The van der Waals surface area contributed by atoms with Gasteiger partial charge in [-0.05, 0) is 73.7 Å². The lowest BCUT2D eigenvalue weighted by Gasteiger charge is -2.07. The molecular weight excluding hydrogens is 456 g/mol. The molecule has 0 aliphatic heterocycles. The number of ether oxygens (including phenoxy) is 2. The first-order valence-corrected chi connectivity index (χ1v) is 12.8. The van der Waals surface area contributed by atoms with Crippen LogP contribution in [-0.4, -0.2) is 20.0 Å². The second-order valence-electron chi connectivity index (χ2n) is 6.91. The van der Waals surface area contributed by atoms with Gasteiger partial charge in [0.1, 0.15) is 22.4 Å². The van der Waals surface area contributed by atoms with Gasteiger partial charge in [0.15, 0.2) is 15.6 Å². The van der Waals surface area contributed by atoms with Gasteiger partial charge in [-0.3, -0.25) is 4.79 Å². The zero-order valence-corrected chi connectivity index (χ0v) is 20.5. The third-order valence-corrected chi connectivity index (χ3v) is 9.62. The van der Waals surface area contributed by atoms with Gasteiger partial charge in [-0.15, -0.1) is 0 Å². The van der Waals surface area contributed by atoms with Crippen LogP contribution in [0.15, 0.2) is 108 Å². The number of rotatable bonds is 8. The molecule has 0 spiro atoms. The first-order chi connectivity index (χ1) is 15.6. The van der Waals surface area contributed by atoms with E-state index in [1.54, 1.807) is 44.2 Å². The Morgan fingerprint density at radius 2 is 1.28 bits per heavy atom. The number of Topliss-reactive ketones (excluding diaryl/α,β-unsaturated/α-hetero) is 1. The highest BCUT2D eigenvalue weighted by Gasteiger charge is 2.31. The van der Waals surface area contributed by atoms with Crippen molar-refractivity contribution in [3.63, 3.8) is 0 Å². The summed E-state index contributed by atoms with van der Waals surface area (Å²) in [5.41, 5.74) is 0.738. The summed E-state index contributed by atoms with van der Waals surface area (Å²) in [6.07, 6.45) is 0. The van der Waals surface area contributed by atoms with Gasteiger partial charge in [-0.2, -0.15) is 0 Å². The van der Waals surface area contributed by atoms with Crippen LogP contribution >= 0.6 is 23.1 Å². The van der Waals surface area contributed by atoms with E-state index in [0.717, 1.165) is 22.0 Å². The predicted octanol–water partition coefficient (Wildman–Crippen LogP) is 7.21. The van der Waals surface area contributed by atoms with E-state index in [0.29, 0.717) is 0 Å². The normalized spacial score (nSPS) is 10.9. The zero-order chi connectivity index (χ0) is 22.5. The molecule has 0 bridgehead atoms. The van der Waals surface area contributed by atoms with Crippen molar-refractivity contribution in [2.45, 2.75) is 30.0 Å². The molecule has 3 nitrogen and oxygen atoms in total. The van der Waals surface area contributed by atoms with Crippen molar-refractivity contribution in [3.05, 3.63) is 90.5 Å². The lowest BCUT2D eigenvalue weighted by Crippen LogP contribution is -2.03. The second kappa shape index (κ2) is 10.3. The SMILES string of the molecule is COc1ccc([S+](c2ccc(OC)cc2)c2ccc(Sc3ccc(C(C)=O)cc3)s2)cc1. The zero-order valence-electron chi connectivity index (χ0n) is 18.0. The third-order valence-electron chi connectivity index (χ3n) is 4.83. The standard InChI is InChI=1S/C26H23O3S3/c1-18(27)19-4-10-22(11-5-19)30-25-16-17-26(31-25)32(23-12-6-20(28-2)7-13-23)24-14-8-21(29-3)9-15-24/h4-17H,1-3H3/q+1. The topological polar surface area (TPSA) is 35.5 Å². The Balaban J connectivity index is 1.64. The number of carbonyl (C=O) groups excluding carboxylic acids is 1. The predicted molar refractivity (Wildman–Crippen MR) is 133 cm³/mol. The summed E-state index contributed by atoms with van der Waals surface area (Å²) in [6.45, 7) is 1.59. The Labute approximate surface area is 199 Å². The number of thiophene rings is 1. The largest absolute Gasteiger partial charge is 0.497 e. The monoisotopic (exact) mass is 479 g/mol. The number of hydrogen-bond donors (Lipinski definition) is 0. The van der Waals surface area contributed by atoms with Gasteiger partial charge in [0.05, 0.1) is 18.4 Å². The molecule has 162 valence electrons. The van der Waals surface area contributed by atoms with Crippen molar-refractivity contribution in [2.75, 3.05) is 14.2 Å². The third kappa shape index (κ3) is 5.21. The minimum absolute atomic E-state index is 0.0861. The van der Waals surface area contributed by atoms with Gasteiger partial charge >= 0.3 is 0 Å². The van der Waals surface area contributed by atoms with Gasteiger partial charge in [0, 0.05) is 16.5 Å². The van der Waals surface area contributed by atoms with Crippen LogP contribution in [0.4, 0.5) is 0 Å². The Bertz CT molecular complexity index is 1130. The Kier molecular flexibility index (Phi) is 7.25. The van der Waals surface area contributed by atoms with Gasteiger partial charge in [0.25, 0.3) is 0 Å². The maximum atomic E-state index is 11.5. The fraction of sp³-hybridized carbons (Fsp3) is 0.115.